The summed E-state index contributed by atoms with van der Waals surface area (Å²) in [7, 11) is 1.85. The van der Waals surface area contributed by atoms with E-state index in [2.05, 4.69) is 22.3 Å². The third-order valence-corrected chi connectivity index (χ3v) is 4.47. The van der Waals surface area contributed by atoms with Crippen molar-refractivity contribution in [3.63, 3.8) is 0 Å². The van der Waals surface area contributed by atoms with Crippen LogP contribution in [0.4, 0.5) is 0 Å². The molecule has 3 rings (SSSR count). The fourth-order valence-corrected chi connectivity index (χ4v) is 3.10. The van der Waals surface area contributed by atoms with Gasteiger partial charge in [0.1, 0.15) is 5.69 Å². The number of ether oxygens (including phenoxy) is 1. The van der Waals surface area contributed by atoms with Crippen molar-refractivity contribution in [3.8, 4) is 17.0 Å². The average Bonchev–Trinajstić information content (AvgIpc) is 3.05. The molecule has 1 amide bonds. The number of para-hydroxylation sites is 1. The number of fused-ring (bicyclic) bond motifs is 1. The summed E-state index contributed by atoms with van der Waals surface area (Å²) in [6, 6.07) is 9.65. The third kappa shape index (κ3) is 4.10. The van der Waals surface area contributed by atoms with Gasteiger partial charge in [0, 0.05) is 24.5 Å². The molecule has 6 nitrogen and oxygen atoms in total. The predicted molar refractivity (Wildman–Crippen MR) is 107 cm³/mol. The first-order chi connectivity index (χ1) is 13.2. The van der Waals surface area contributed by atoms with Crippen LogP contribution in [0.3, 0.4) is 0 Å². The van der Waals surface area contributed by atoms with Crippen molar-refractivity contribution in [2.45, 2.75) is 33.1 Å². The molecule has 3 aromatic rings. The maximum absolute atomic E-state index is 12.6. The Balaban J connectivity index is 2.03. The van der Waals surface area contributed by atoms with Crippen molar-refractivity contribution in [2.24, 2.45) is 7.05 Å². The van der Waals surface area contributed by atoms with Crippen LogP contribution >= 0.6 is 0 Å². The van der Waals surface area contributed by atoms with Gasteiger partial charge in [-0.05, 0) is 25.5 Å². The van der Waals surface area contributed by atoms with Crippen molar-refractivity contribution in [2.75, 3.05) is 13.2 Å². The lowest BCUT2D eigenvalue weighted by atomic mass is 10.0. The lowest BCUT2D eigenvalue weighted by molar-refractivity contribution is 0.0948. The Morgan fingerprint density at radius 1 is 1.19 bits per heavy atom. The topological polar surface area (TPSA) is 69.0 Å². The summed E-state index contributed by atoms with van der Waals surface area (Å²) in [5, 5.41) is 8.27. The predicted octanol–water partition coefficient (Wildman–Crippen LogP) is 3.95. The summed E-state index contributed by atoms with van der Waals surface area (Å²) in [5.74, 6) is 0.531. The number of amides is 1. The van der Waals surface area contributed by atoms with E-state index in [0.717, 1.165) is 41.3 Å². The zero-order chi connectivity index (χ0) is 19.2. The van der Waals surface area contributed by atoms with Gasteiger partial charge in [-0.3, -0.25) is 4.79 Å². The van der Waals surface area contributed by atoms with Crippen LogP contribution in [-0.2, 0) is 7.05 Å². The van der Waals surface area contributed by atoms with E-state index in [9.17, 15) is 4.79 Å². The molecule has 1 N–H and O–H groups in total. The zero-order valence-corrected chi connectivity index (χ0v) is 16.2. The quantitative estimate of drug-likeness (QED) is 0.613. The number of benzene rings is 1. The molecule has 0 spiro atoms. The summed E-state index contributed by atoms with van der Waals surface area (Å²) in [6.45, 7) is 5.29. The molecule has 0 aliphatic heterocycles. The second-order valence-corrected chi connectivity index (χ2v) is 6.46. The van der Waals surface area contributed by atoms with Crippen molar-refractivity contribution in [1.82, 2.24) is 20.1 Å². The molecule has 0 fully saturated rings. The highest BCUT2D eigenvalue weighted by molar-refractivity contribution is 6.01. The molecule has 0 aliphatic carbocycles. The SMILES string of the molecule is CCCCCNC(=O)c1cc(-c2cnn(C)c2OCC)c2ccccc2n1. The first-order valence-corrected chi connectivity index (χ1v) is 9.48. The number of pyridine rings is 1. The molecule has 0 unspecified atom stereocenters. The number of aromatic nitrogens is 3. The molecule has 0 saturated heterocycles. The highest BCUT2D eigenvalue weighted by Gasteiger charge is 2.18. The van der Waals surface area contributed by atoms with Crippen LogP contribution in [-0.4, -0.2) is 33.8 Å². The summed E-state index contributed by atoms with van der Waals surface area (Å²) >= 11 is 0. The lowest BCUT2D eigenvalue weighted by Gasteiger charge is -2.11. The number of hydrogen-bond donors (Lipinski definition) is 1. The highest BCUT2D eigenvalue weighted by Crippen LogP contribution is 2.34. The largest absolute Gasteiger partial charge is 0.478 e. The first-order valence-electron chi connectivity index (χ1n) is 9.48. The minimum absolute atomic E-state index is 0.153. The molecule has 0 radical (unpaired) electrons. The molecule has 0 bridgehead atoms. The van der Waals surface area contributed by atoms with Crippen LogP contribution in [0.5, 0.6) is 5.88 Å². The minimum atomic E-state index is -0.153. The summed E-state index contributed by atoms with van der Waals surface area (Å²) in [4.78, 5) is 17.2. The van der Waals surface area contributed by atoms with Crippen LogP contribution in [0.1, 0.15) is 43.6 Å². The van der Waals surface area contributed by atoms with Crippen molar-refractivity contribution in [3.05, 3.63) is 42.2 Å². The number of aryl methyl sites for hydroxylation is 1. The van der Waals surface area contributed by atoms with Crippen LogP contribution in [0.25, 0.3) is 22.0 Å². The van der Waals surface area contributed by atoms with Gasteiger partial charge >= 0.3 is 0 Å². The fraction of sp³-hybridized carbons (Fsp3) is 0.381. The molecule has 27 heavy (non-hydrogen) atoms. The normalized spacial score (nSPS) is 10.9. The van der Waals surface area contributed by atoms with Crippen LogP contribution in [0.2, 0.25) is 0 Å². The van der Waals surface area contributed by atoms with E-state index in [1.165, 1.54) is 0 Å². The molecule has 2 heterocycles. The minimum Gasteiger partial charge on any atom is -0.478 e. The van der Waals surface area contributed by atoms with E-state index < -0.39 is 0 Å². The Kier molecular flexibility index (Phi) is 6.06. The van der Waals surface area contributed by atoms with Crippen molar-refractivity contribution >= 4 is 16.8 Å². The molecule has 0 aliphatic rings. The smallest absolute Gasteiger partial charge is 0.269 e. The lowest BCUT2D eigenvalue weighted by Crippen LogP contribution is -2.25. The second kappa shape index (κ2) is 8.66. The van der Waals surface area contributed by atoms with Crippen LogP contribution in [0.15, 0.2) is 36.5 Å². The van der Waals surface area contributed by atoms with Gasteiger partial charge in [-0.15, -0.1) is 0 Å². The highest BCUT2D eigenvalue weighted by atomic mass is 16.5. The van der Waals surface area contributed by atoms with Gasteiger partial charge in [0.15, 0.2) is 0 Å². The van der Waals surface area contributed by atoms with Gasteiger partial charge < -0.3 is 10.1 Å². The van der Waals surface area contributed by atoms with Gasteiger partial charge in [-0.1, -0.05) is 38.0 Å². The van der Waals surface area contributed by atoms with E-state index in [1.807, 2.05) is 44.3 Å². The van der Waals surface area contributed by atoms with Crippen LogP contribution in [0, 0.1) is 0 Å². The second-order valence-electron chi connectivity index (χ2n) is 6.46. The molecule has 6 heteroatoms. The van der Waals surface area contributed by atoms with Crippen LogP contribution < -0.4 is 10.1 Å². The Labute approximate surface area is 159 Å². The Bertz CT molecular complexity index is 933. The molecule has 0 saturated carbocycles. The van der Waals surface area contributed by atoms with Gasteiger partial charge in [-0.25, -0.2) is 9.67 Å². The molecular weight excluding hydrogens is 340 g/mol. The molecule has 0 atom stereocenters. The third-order valence-electron chi connectivity index (χ3n) is 4.47. The molecule has 1 aromatic carbocycles. The average molecular weight is 366 g/mol. The number of hydrogen-bond acceptors (Lipinski definition) is 4. The van der Waals surface area contributed by atoms with E-state index in [-0.39, 0.29) is 5.91 Å². The summed E-state index contributed by atoms with van der Waals surface area (Å²) in [6.07, 6.45) is 4.97. The molecule has 2 aromatic heterocycles. The number of nitrogens with one attached hydrogen (secondary N) is 1. The van der Waals surface area contributed by atoms with Gasteiger partial charge in [0.2, 0.25) is 5.88 Å². The van der Waals surface area contributed by atoms with E-state index in [0.29, 0.717) is 24.7 Å². The zero-order valence-electron chi connectivity index (χ0n) is 16.2. The summed E-state index contributed by atoms with van der Waals surface area (Å²) < 4.78 is 7.49. The fourth-order valence-electron chi connectivity index (χ4n) is 3.10. The Morgan fingerprint density at radius 2 is 2.00 bits per heavy atom. The molecular formula is C21H26N4O2. The van der Waals surface area contributed by atoms with E-state index >= 15 is 0 Å². The van der Waals surface area contributed by atoms with Gasteiger partial charge in [0.05, 0.1) is 23.9 Å². The Hall–Kier alpha value is -2.89. The standard InChI is InChI=1S/C21H26N4O2/c1-4-6-9-12-22-20(26)19-13-16(15-10-7-8-11-18(15)24-19)17-14-23-25(3)21(17)27-5-2/h7-8,10-11,13-14H,4-6,9,12H2,1-3H3,(H,22,26). The van der Waals surface area contributed by atoms with Crippen molar-refractivity contribution in [1.29, 1.82) is 0 Å². The first kappa shape index (κ1) is 18.9. The summed E-state index contributed by atoms with van der Waals surface area (Å²) in [5.41, 5.74) is 2.94. The number of carbonyl (C=O) groups is 1. The van der Waals surface area contributed by atoms with Gasteiger partial charge in [0.25, 0.3) is 5.91 Å². The maximum Gasteiger partial charge on any atom is 0.269 e. The van der Waals surface area contributed by atoms with Gasteiger partial charge in [-0.2, -0.15) is 5.10 Å². The monoisotopic (exact) mass is 366 g/mol. The van der Waals surface area contributed by atoms with E-state index in [1.54, 1.807) is 10.9 Å². The number of carbonyl (C=O) groups excluding carboxylic acids is 1. The maximum atomic E-state index is 12.6. The number of unbranched alkanes of at least 4 members (excludes halogenated alkanes) is 2. The molecule has 142 valence electrons. The number of nitrogens with zero attached hydrogens (tertiary/aromatic N) is 3. The van der Waals surface area contributed by atoms with Crippen molar-refractivity contribution < 1.29 is 9.53 Å². The Morgan fingerprint density at radius 3 is 2.78 bits per heavy atom. The van der Waals surface area contributed by atoms with E-state index in [4.69, 9.17) is 4.74 Å². The number of rotatable bonds is 8.